The first-order chi connectivity index (χ1) is 12.3. The van der Waals surface area contributed by atoms with Crippen LogP contribution in [-0.4, -0.2) is 52.1 Å². The number of guanidine groups is 1. The van der Waals surface area contributed by atoms with Gasteiger partial charge in [0.2, 0.25) is 0 Å². The molecule has 6 nitrogen and oxygen atoms in total. The summed E-state index contributed by atoms with van der Waals surface area (Å²) in [5, 5.41) is 6.76. The van der Waals surface area contributed by atoms with Crippen molar-refractivity contribution in [3.8, 4) is 5.75 Å². The van der Waals surface area contributed by atoms with Crippen LogP contribution in [0.1, 0.15) is 18.4 Å². The number of rotatable bonds is 9. The highest BCUT2D eigenvalue weighted by molar-refractivity contribution is 14.0. The largest absolute Gasteiger partial charge is 0.491 e. The molecule has 0 radical (unpaired) electrons. The summed E-state index contributed by atoms with van der Waals surface area (Å²) in [7, 11) is 1.66. The third-order valence-electron chi connectivity index (χ3n) is 3.85. The molecule has 146 valence electrons. The van der Waals surface area contributed by atoms with Crippen molar-refractivity contribution in [2.75, 3.05) is 40.1 Å². The summed E-state index contributed by atoms with van der Waals surface area (Å²) in [6.45, 7) is 7.73. The Labute approximate surface area is 173 Å². The molecule has 1 aromatic carbocycles. The average Bonchev–Trinajstić information content (AvgIpc) is 2.65. The Bertz CT molecular complexity index is 549. The molecule has 2 N–H and O–H groups in total. The summed E-state index contributed by atoms with van der Waals surface area (Å²) in [6, 6.07) is 8.38. The van der Waals surface area contributed by atoms with E-state index in [1.54, 1.807) is 7.11 Å². The molecular weight excluding hydrogens is 445 g/mol. The molecule has 1 fully saturated rings. The van der Waals surface area contributed by atoms with Crippen LogP contribution in [0.4, 0.5) is 0 Å². The van der Waals surface area contributed by atoms with Crippen LogP contribution in [0.5, 0.6) is 5.75 Å². The van der Waals surface area contributed by atoms with Crippen LogP contribution in [-0.2, 0) is 16.0 Å². The average molecular weight is 475 g/mol. The van der Waals surface area contributed by atoms with Gasteiger partial charge in [-0.3, -0.25) is 0 Å². The molecule has 0 unspecified atom stereocenters. The van der Waals surface area contributed by atoms with Gasteiger partial charge in [0.25, 0.3) is 0 Å². The van der Waals surface area contributed by atoms with Gasteiger partial charge in [0.15, 0.2) is 5.96 Å². The van der Waals surface area contributed by atoms with Crippen molar-refractivity contribution in [1.82, 2.24) is 10.6 Å². The third-order valence-corrected chi connectivity index (χ3v) is 3.85. The van der Waals surface area contributed by atoms with Crippen LogP contribution in [0.3, 0.4) is 0 Å². The lowest BCUT2D eigenvalue weighted by Crippen LogP contribution is -2.45. The van der Waals surface area contributed by atoms with Crippen LogP contribution >= 0.6 is 24.0 Å². The second-order valence-electron chi connectivity index (χ2n) is 5.85. The van der Waals surface area contributed by atoms with Crippen molar-refractivity contribution in [3.63, 3.8) is 0 Å². The number of ether oxygens (including phenoxy) is 3. The van der Waals surface area contributed by atoms with Crippen LogP contribution in [0.15, 0.2) is 41.9 Å². The Morgan fingerprint density at radius 1 is 1.35 bits per heavy atom. The van der Waals surface area contributed by atoms with E-state index in [4.69, 9.17) is 14.2 Å². The highest BCUT2D eigenvalue weighted by Crippen LogP contribution is 2.14. The van der Waals surface area contributed by atoms with Crippen LogP contribution < -0.4 is 15.4 Å². The van der Waals surface area contributed by atoms with E-state index in [9.17, 15) is 0 Å². The third kappa shape index (κ3) is 8.86. The maximum Gasteiger partial charge on any atom is 0.192 e. The molecule has 0 aromatic heterocycles. The number of nitrogens with one attached hydrogen (secondary N) is 2. The lowest BCUT2D eigenvalue weighted by Gasteiger charge is -2.25. The fourth-order valence-electron chi connectivity index (χ4n) is 2.50. The van der Waals surface area contributed by atoms with Gasteiger partial charge in [-0.15, -0.1) is 30.6 Å². The van der Waals surface area contributed by atoms with Crippen molar-refractivity contribution in [3.05, 3.63) is 42.5 Å². The Kier molecular flexibility index (Phi) is 12.1. The summed E-state index contributed by atoms with van der Waals surface area (Å²) in [6.07, 6.45) is 3.82. The van der Waals surface area contributed by atoms with Gasteiger partial charge in [-0.1, -0.05) is 18.2 Å². The number of hydrogen-bond acceptors (Lipinski definition) is 4. The van der Waals surface area contributed by atoms with E-state index in [2.05, 4.69) is 22.2 Å². The van der Waals surface area contributed by atoms with Crippen molar-refractivity contribution >= 4 is 29.9 Å². The fourth-order valence-corrected chi connectivity index (χ4v) is 2.50. The number of aliphatic imine (C=N–C) groups is 1. The van der Waals surface area contributed by atoms with Gasteiger partial charge in [-0.05, 0) is 30.5 Å². The molecule has 0 aliphatic carbocycles. The molecule has 0 saturated carbocycles. The first-order valence-corrected chi connectivity index (χ1v) is 8.76. The zero-order valence-electron chi connectivity index (χ0n) is 15.4. The lowest BCUT2D eigenvalue weighted by atomic mass is 10.1. The predicted octanol–water partition coefficient (Wildman–Crippen LogP) is 2.73. The minimum Gasteiger partial charge on any atom is -0.491 e. The highest BCUT2D eigenvalue weighted by Gasteiger charge is 2.14. The van der Waals surface area contributed by atoms with Crippen molar-refractivity contribution in [2.24, 2.45) is 4.99 Å². The van der Waals surface area contributed by atoms with E-state index in [1.807, 2.05) is 30.3 Å². The van der Waals surface area contributed by atoms with Crippen molar-refractivity contribution < 1.29 is 14.2 Å². The molecule has 0 bridgehead atoms. The summed E-state index contributed by atoms with van der Waals surface area (Å²) < 4.78 is 16.1. The van der Waals surface area contributed by atoms with E-state index in [1.165, 1.54) is 0 Å². The summed E-state index contributed by atoms with van der Waals surface area (Å²) in [5.41, 5.74) is 1.10. The molecule has 2 rings (SSSR count). The van der Waals surface area contributed by atoms with Gasteiger partial charge in [0, 0.05) is 32.9 Å². The minimum atomic E-state index is 0. The molecule has 7 heteroatoms. The summed E-state index contributed by atoms with van der Waals surface area (Å²) >= 11 is 0. The van der Waals surface area contributed by atoms with E-state index < -0.39 is 0 Å². The zero-order chi connectivity index (χ0) is 17.7. The molecule has 1 aliphatic heterocycles. The Morgan fingerprint density at radius 2 is 2.15 bits per heavy atom. The molecule has 1 saturated heterocycles. The van der Waals surface area contributed by atoms with Gasteiger partial charge < -0.3 is 24.8 Å². The minimum absolute atomic E-state index is 0. The second kappa shape index (κ2) is 13.8. The highest BCUT2D eigenvalue weighted by atomic mass is 127. The Morgan fingerprint density at radius 3 is 2.88 bits per heavy atom. The standard InChI is InChI=1S/C19H29N3O3.HI/c1-3-9-20-19(22-17-7-10-24-11-8-17)21-15-16-5-4-6-18(14-16)25-13-12-23-2;/h3-6,14,17H,1,7-13,15H2,2H3,(H2,20,21,22);1H. The maximum absolute atomic E-state index is 5.65. The van der Waals surface area contributed by atoms with Crippen LogP contribution in [0.25, 0.3) is 0 Å². The van der Waals surface area contributed by atoms with Crippen LogP contribution in [0, 0.1) is 0 Å². The maximum atomic E-state index is 5.65. The quantitative estimate of drug-likeness (QED) is 0.189. The first kappa shape index (κ1) is 22.7. The Balaban J connectivity index is 0.00000338. The lowest BCUT2D eigenvalue weighted by molar-refractivity contribution is 0.0822. The number of benzene rings is 1. The number of hydrogen-bond donors (Lipinski definition) is 2. The SMILES string of the molecule is C=CCNC(=NCc1cccc(OCCOC)c1)NC1CCOCC1.I. The molecule has 1 heterocycles. The first-order valence-electron chi connectivity index (χ1n) is 8.76. The second-order valence-corrected chi connectivity index (χ2v) is 5.85. The van der Waals surface area contributed by atoms with Crippen molar-refractivity contribution in [1.29, 1.82) is 0 Å². The summed E-state index contributed by atoms with van der Waals surface area (Å²) in [5.74, 6) is 1.64. The molecule has 0 atom stereocenters. The monoisotopic (exact) mass is 475 g/mol. The van der Waals surface area contributed by atoms with Crippen LogP contribution in [0.2, 0.25) is 0 Å². The fraction of sp³-hybridized carbons (Fsp3) is 0.526. The molecule has 0 amide bonds. The number of nitrogens with zero attached hydrogens (tertiary/aromatic N) is 1. The van der Waals surface area contributed by atoms with Gasteiger partial charge in [-0.25, -0.2) is 4.99 Å². The Hall–Kier alpha value is -1.32. The molecule has 1 aromatic rings. The van der Waals surface area contributed by atoms with Crippen molar-refractivity contribution in [2.45, 2.75) is 25.4 Å². The zero-order valence-corrected chi connectivity index (χ0v) is 17.7. The molecule has 1 aliphatic rings. The normalized spacial score (nSPS) is 15.0. The van der Waals surface area contributed by atoms with E-state index in [-0.39, 0.29) is 24.0 Å². The molecule has 26 heavy (non-hydrogen) atoms. The number of methoxy groups -OCH3 is 1. The van der Waals surface area contributed by atoms with Gasteiger partial charge in [0.05, 0.1) is 13.2 Å². The van der Waals surface area contributed by atoms with Gasteiger partial charge >= 0.3 is 0 Å². The smallest absolute Gasteiger partial charge is 0.192 e. The van der Waals surface area contributed by atoms with Gasteiger partial charge in [-0.2, -0.15) is 0 Å². The van der Waals surface area contributed by atoms with E-state index >= 15 is 0 Å². The topological polar surface area (TPSA) is 64.1 Å². The summed E-state index contributed by atoms with van der Waals surface area (Å²) in [4.78, 5) is 4.69. The predicted molar refractivity (Wildman–Crippen MR) is 116 cm³/mol. The van der Waals surface area contributed by atoms with E-state index in [0.29, 0.717) is 32.3 Å². The molecule has 0 spiro atoms. The van der Waals surface area contributed by atoms with E-state index in [0.717, 1.165) is 43.3 Å². The number of halogens is 1. The van der Waals surface area contributed by atoms with Gasteiger partial charge in [0.1, 0.15) is 12.4 Å². The molecular formula is C19H30IN3O3.